The molecule has 98 valence electrons. The van der Waals surface area contributed by atoms with Gasteiger partial charge in [0.2, 0.25) is 5.91 Å². The van der Waals surface area contributed by atoms with Crippen LogP contribution in [0.25, 0.3) is 0 Å². The van der Waals surface area contributed by atoms with Gasteiger partial charge in [-0.2, -0.15) is 0 Å². The molecular formula is C13H16ClNO3. The highest BCUT2D eigenvalue weighted by Gasteiger charge is 2.11. The summed E-state index contributed by atoms with van der Waals surface area (Å²) in [5.41, 5.74) is 0.859. The number of nitrogens with zero attached hydrogens (tertiary/aromatic N) is 1. The topological polar surface area (TPSA) is 46.6 Å². The SMILES string of the molecule is COC(=O)CCN(C)C(=O)Cc1cccc(Cl)c1. The van der Waals surface area contributed by atoms with Gasteiger partial charge in [-0.05, 0) is 17.7 Å². The Balaban J connectivity index is 2.47. The van der Waals surface area contributed by atoms with Crippen molar-refractivity contribution in [3.63, 3.8) is 0 Å². The van der Waals surface area contributed by atoms with Gasteiger partial charge in [0.15, 0.2) is 0 Å². The summed E-state index contributed by atoms with van der Waals surface area (Å²) in [6, 6.07) is 7.17. The first-order chi connectivity index (χ1) is 8.52. The Morgan fingerprint density at radius 3 is 2.72 bits per heavy atom. The van der Waals surface area contributed by atoms with E-state index in [1.165, 1.54) is 12.0 Å². The first-order valence-corrected chi connectivity index (χ1v) is 5.96. The van der Waals surface area contributed by atoms with Gasteiger partial charge in [-0.3, -0.25) is 9.59 Å². The van der Waals surface area contributed by atoms with Crippen LogP contribution in [-0.4, -0.2) is 37.5 Å². The molecule has 1 amide bonds. The monoisotopic (exact) mass is 269 g/mol. The molecule has 5 heteroatoms. The molecule has 0 N–H and O–H groups in total. The average Bonchev–Trinajstić information content (AvgIpc) is 2.35. The molecule has 0 saturated carbocycles. The third-order valence-electron chi connectivity index (χ3n) is 2.55. The maximum absolute atomic E-state index is 11.9. The summed E-state index contributed by atoms with van der Waals surface area (Å²) in [5, 5.41) is 0.609. The lowest BCUT2D eigenvalue weighted by Gasteiger charge is -2.16. The van der Waals surface area contributed by atoms with E-state index >= 15 is 0 Å². The predicted octanol–water partition coefficient (Wildman–Crippen LogP) is 1.90. The first kappa shape index (κ1) is 14.5. The minimum absolute atomic E-state index is 0.0545. The van der Waals surface area contributed by atoms with Crippen LogP contribution >= 0.6 is 11.6 Å². The second-order valence-electron chi connectivity index (χ2n) is 3.95. The van der Waals surface area contributed by atoms with Crippen LogP contribution in [0.3, 0.4) is 0 Å². The summed E-state index contributed by atoms with van der Waals surface area (Å²) >= 11 is 5.84. The number of hydrogen-bond acceptors (Lipinski definition) is 3. The van der Waals surface area contributed by atoms with Gasteiger partial charge in [-0.15, -0.1) is 0 Å². The van der Waals surface area contributed by atoms with Gasteiger partial charge >= 0.3 is 5.97 Å². The minimum Gasteiger partial charge on any atom is -0.469 e. The third-order valence-corrected chi connectivity index (χ3v) is 2.78. The van der Waals surface area contributed by atoms with E-state index in [1.54, 1.807) is 25.2 Å². The molecule has 0 aliphatic carbocycles. The minimum atomic E-state index is -0.322. The highest BCUT2D eigenvalue weighted by Crippen LogP contribution is 2.11. The molecule has 0 spiro atoms. The molecule has 1 rings (SSSR count). The Bertz CT molecular complexity index is 434. The number of hydrogen-bond donors (Lipinski definition) is 0. The summed E-state index contributed by atoms with van der Waals surface area (Å²) in [4.78, 5) is 24.3. The van der Waals surface area contributed by atoms with E-state index in [-0.39, 0.29) is 24.7 Å². The molecular weight excluding hydrogens is 254 g/mol. The van der Waals surface area contributed by atoms with Gasteiger partial charge < -0.3 is 9.64 Å². The molecule has 0 bridgehead atoms. The van der Waals surface area contributed by atoms with Crippen LogP contribution in [0.5, 0.6) is 0 Å². The zero-order chi connectivity index (χ0) is 13.5. The number of methoxy groups -OCH3 is 1. The van der Waals surface area contributed by atoms with E-state index in [1.807, 2.05) is 6.07 Å². The van der Waals surface area contributed by atoms with Gasteiger partial charge in [0, 0.05) is 18.6 Å². The summed E-state index contributed by atoms with van der Waals surface area (Å²) in [6.07, 6.45) is 0.479. The fraction of sp³-hybridized carbons (Fsp3) is 0.385. The van der Waals surface area contributed by atoms with Gasteiger partial charge in [-0.1, -0.05) is 23.7 Å². The maximum Gasteiger partial charge on any atom is 0.307 e. The number of likely N-dealkylation sites (N-methyl/N-ethyl adjacent to an activating group) is 1. The Labute approximate surface area is 111 Å². The summed E-state index contributed by atoms with van der Waals surface area (Å²) in [6.45, 7) is 0.353. The molecule has 0 aliphatic heterocycles. The number of rotatable bonds is 5. The average molecular weight is 270 g/mol. The Morgan fingerprint density at radius 1 is 1.39 bits per heavy atom. The van der Waals surface area contributed by atoms with Crippen LogP contribution in [0.15, 0.2) is 24.3 Å². The van der Waals surface area contributed by atoms with Crippen LogP contribution in [-0.2, 0) is 20.7 Å². The van der Waals surface area contributed by atoms with E-state index in [0.717, 1.165) is 5.56 Å². The van der Waals surface area contributed by atoms with Crippen LogP contribution in [0.4, 0.5) is 0 Å². The van der Waals surface area contributed by atoms with Gasteiger partial charge in [-0.25, -0.2) is 0 Å². The number of benzene rings is 1. The van der Waals surface area contributed by atoms with Crippen LogP contribution in [0.2, 0.25) is 5.02 Å². The lowest BCUT2D eigenvalue weighted by molar-refractivity contribution is -0.141. The van der Waals surface area contributed by atoms with Crippen LogP contribution < -0.4 is 0 Å². The molecule has 0 aliphatic rings. The zero-order valence-corrected chi connectivity index (χ0v) is 11.2. The number of carbonyl (C=O) groups is 2. The van der Waals surface area contributed by atoms with Crippen molar-refractivity contribution in [3.05, 3.63) is 34.9 Å². The molecule has 0 unspecified atom stereocenters. The number of amides is 1. The molecule has 1 aromatic carbocycles. The number of carbonyl (C=O) groups excluding carboxylic acids is 2. The fourth-order valence-corrected chi connectivity index (χ4v) is 1.66. The number of esters is 1. The smallest absolute Gasteiger partial charge is 0.307 e. The lowest BCUT2D eigenvalue weighted by atomic mass is 10.1. The Morgan fingerprint density at radius 2 is 2.11 bits per heavy atom. The van der Waals surface area contributed by atoms with E-state index in [0.29, 0.717) is 11.6 Å². The van der Waals surface area contributed by atoms with Crippen molar-refractivity contribution < 1.29 is 14.3 Å². The van der Waals surface area contributed by atoms with E-state index in [9.17, 15) is 9.59 Å². The molecule has 18 heavy (non-hydrogen) atoms. The highest BCUT2D eigenvalue weighted by molar-refractivity contribution is 6.30. The summed E-state index contributed by atoms with van der Waals surface area (Å²) in [7, 11) is 2.99. The predicted molar refractivity (Wildman–Crippen MR) is 69.4 cm³/mol. The number of halogens is 1. The normalized spacial score (nSPS) is 9.94. The van der Waals surface area contributed by atoms with Crippen LogP contribution in [0.1, 0.15) is 12.0 Å². The van der Waals surface area contributed by atoms with E-state index in [2.05, 4.69) is 4.74 Å². The molecule has 4 nitrogen and oxygen atoms in total. The second kappa shape index (κ2) is 7.01. The van der Waals surface area contributed by atoms with Crippen molar-refractivity contribution in [3.8, 4) is 0 Å². The zero-order valence-electron chi connectivity index (χ0n) is 10.5. The molecule has 0 heterocycles. The van der Waals surface area contributed by atoms with E-state index in [4.69, 9.17) is 11.6 Å². The van der Waals surface area contributed by atoms with E-state index < -0.39 is 0 Å². The van der Waals surface area contributed by atoms with Crippen molar-refractivity contribution in [2.45, 2.75) is 12.8 Å². The summed E-state index contributed by atoms with van der Waals surface area (Å²) in [5.74, 6) is -0.376. The molecule has 1 aromatic rings. The first-order valence-electron chi connectivity index (χ1n) is 5.58. The largest absolute Gasteiger partial charge is 0.469 e. The fourth-order valence-electron chi connectivity index (χ4n) is 1.44. The molecule has 0 aromatic heterocycles. The van der Waals surface area contributed by atoms with Crippen molar-refractivity contribution in [2.24, 2.45) is 0 Å². The molecule has 0 saturated heterocycles. The van der Waals surface area contributed by atoms with Crippen molar-refractivity contribution in [1.82, 2.24) is 4.90 Å². The third kappa shape index (κ3) is 4.75. The van der Waals surface area contributed by atoms with Gasteiger partial charge in [0.25, 0.3) is 0 Å². The summed E-state index contributed by atoms with van der Waals surface area (Å²) < 4.78 is 4.52. The van der Waals surface area contributed by atoms with Crippen LogP contribution in [0, 0.1) is 0 Å². The molecule has 0 fully saturated rings. The maximum atomic E-state index is 11.9. The van der Waals surface area contributed by atoms with Crippen molar-refractivity contribution in [1.29, 1.82) is 0 Å². The highest BCUT2D eigenvalue weighted by atomic mass is 35.5. The van der Waals surface area contributed by atoms with Crippen molar-refractivity contribution in [2.75, 3.05) is 20.7 Å². The van der Waals surface area contributed by atoms with Gasteiger partial charge in [0.1, 0.15) is 0 Å². The van der Waals surface area contributed by atoms with Gasteiger partial charge in [0.05, 0.1) is 20.0 Å². The standard InChI is InChI=1S/C13H16ClNO3/c1-15(7-6-13(17)18-2)12(16)9-10-4-3-5-11(14)8-10/h3-5,8H,6-7,9H2,1-2H3. The quantitative estimate of drug-likeness (QED) is 0.767. The number of ether oxygens (including phenoxy) is 1. The Hall–Kier alpha value is -1.55. The lowest BCUT2D eigenvalue weighted by Crippen LogP contribution is -2.30. The Kier molecular flexibility index (Phi) is 5.65. The molecule has 0 atom stereocenters. The van der Waals surface area contributed by atoms with Crippen molar-refractivity contribution >= 4 is 23.5 Å². The second-order valence-corrected chi connectivity index (χ2v) is 4.38. The molecule has 0 radical (unpaired) electrons.